The normalized spacial score (nSPS) is 12.4. The molecule has 0 amide bonds. The molecule has 0 saturated heterocycles. The number of benzene rings is 1. The summed E-state index contributed by atoms with van der Waals surface area (Å²) in [6, 6.07) is 7.88. The van der Waals surface area contributed by atoms with Gasteiger partial charge < -0.3 is 10.4 Å². The van der Waals surface area contributed by atoms with Gasteiger partial charge in [-0.3, -0.25) is 0 Å². The van der Waals surface area contributed by atoms with Crippen LogP contribution in [-0.2, 0) is 0 Å². The lowest BCUT2D eigenvalue weighted by Gasteiger charge is -2.13. The van der Waals surface area contributed by atoms with Crippen LogP contribution in [0.2, 0.25) is 0 Å². The number of hydrogen-bond donors (Lipinski definition) is 2. The summed E-state index contributed by atoms with van der Waals surface area (Å²) in [5.74, 6) is 0. The van der Waals surface area contributed by atoms with E-state index in [1.807, 2.05) is 31.2 Å². The van der Waals surface area contributed by atoms with Gasteiger partial charge >= 0.3 is 0 Å². The fourth-order valence-electron chi connectivity index (χ4n) is 1.39. The Labute approximate surface area is 85.3 Å². The molecule has 0 aromatic heterocycles. The van der Waals surface area contributed by atoms with E-state index in [0.717, 1.165) is 17.7 Å². The second-order valence-corrected chi connectivity index (χ2v) is 3.32. The zero-order valence-electron chi connectivity index (χ0n) is 8.53. The van der Waals surface area contributed by atoms with Crippen LogP contribution in [0.5, 0.6) is 0 Å². The predicted octanol–water partition coefficient (Wildman–Crippen LogP) is 1.80. The van der Waals surface area contributed by atoms with Gasteiger partial charge in [0.05, 0.1) is 6.10 Å². The quantitative estimate of drug-likeness (QED) is 0.549. The van der Waals surface area contributed by atoms with Gasteiger partial charge in [-0.1, -0.05) is 30.3 Å². The number of nitrogens with one attached hydrogen (secondary N) is 1. The molecule has 2 heteroatoms. The highest BCUT2D eigenvalue weighted by Gasteiger charge is 2.07. The third-order valence-corrected chi connectivity index (χ3v) is 2.17. The fourth-order valence-corrected chi connectivity index (χ4v) is 1.39. The first-order valence-corrected chi connectivity index (χ1v) is 4.81. The van der Waals surface area contributed by atoms with E-state index < -0.39 is 6.10 Å². The maximum Gasteiger partial charge on any atom is 0.0917 e. The first kappa shape index (κ1) is 11.0. The topological polar surface area (TPSA) is 32.3 Å². The van der Waals surface area contributed by atoms with Crippen LogP contribution in [0, 0.1) is 6.92 Å². The van der Waals surface area contributed by atoms with Crippen LogP contribution in [0.4, 0.5) is 0 Å². The van der Waals surface area contributed by atoms with E-state index in [9.17, 15) is 5.11 Å². The Morgan fingerprint density at radius 1 is 1.50 bits per heavy atom. The van der Waals surface area contributed by atoms with E-state index in [-0.39, 0.29) is 0 Å². The minimum absolute atomic E-state index is 0.434. The maximum atomic E-state index is 9.83. The van der Waals surface area contributed by atoms with Crippen molar-refractivity contribution in [3.05, 3.63) is 48.0 Å². The number of hydrogen-bond acceptors (Lipinski definition) is 2. The fraction of sp³-hybridized carbons (Fsp3) is 0.333. The number of aryl methyl sites for hydroxylation is 1. The Hall–Kier alpha value is -1.12. The lowest BCUT2D eigenvalue weighted by molar-refractivity contribution is 0.175. The molecule has 0 heterocycles. The summed E-state index contributed by atoms with van der Waals surface area (Å²) < 4.78 is 0. The summed E-state index contributed by atoms with van der Waals surface area (Å²) in [4.78, 5) is 0. The van der Waals surface area contributed by atoms with E-state index in [2.05, 4.69) is 11.9 Å². The molecule has 0 aliphatic rings. The molecule has 0 fully saturated rings. The monoisotopic (exact) mass is 191 g/mol. The zero-order chi connectivity index (χ0) is 10.4. The molecule has 0 aliphatic carbocycles. The van der Waals surface area contributed by atoms with Gasteiger partial charge in [0.15, 0.2) is 0 Å². The Bertz CT molecular complexity index is 296. The first-order chi connectivity index (χ1) is 6.75. The molecule has 76 valence electrons. The Kier molecular flexibility index (Phi) is 4.36. The minimum Gasteiger partial charge on any atom is -0.387 e. The Balaban J connectivity index is 2.55. The highest BCUT2D eigenvalue weighted by molar-refractivity contribution is 5.27. The van der Waals surface area contributed by atoms with Crippen molar-refractivity contribution in [2.45, 2.75) is 13.0 Å². The van der Waals surface area contributed by atoms with Crippen molar-refractivity contribution in [3.8, 4) is 0 Å². The van der Waals surface area contributed by atoms with Crippen LogP contribution in [0.25, 0.3) is 0 Å². The standard InChI is InChI=1S/C12H17NO/c1-3-8-13-9-12(14)11-7-5-4-6-10(11)2/h3-7,12-14H,1,8-9H2,2H3. The molecular weight excluding hydrogens is 174 g/mol. The van der Waals surface area contributed by atoms with Gasteiger partial charge in [-0.15, -0.1) is 6.58 Å². The Morgan fingerprint density at radius 2 is 2.21 bits per heavy atom. The molecule has 14 heavy (non-hydrogen) atoms. The largest absolute Gasteiger partial charge is 0.387 e. The summed E-state index contributed by atoms with van der Waals surface area (Å²) in [6.07, 6.45) is 1.35. The average molecular weight is 191 g/mol. The van der Waals surface area contributed by atoms with Crippen molar-refractivity contribution in [3.63, 3.8) is 0 Å². The van der Waals surface area contributed by atoms with E-state index in [4.69, 9.17) is 0 Å². The van der Waals surface area contributed by atoms with Crippen LogP contribution in [0.15, 0.2) is 36.9 Å². The maximum absolute atomic E-state index is 9.83. The molecule has 1 aromatic carbocycles. The summed E-state index contributed by atoms with van der Waals surface area (Å²) in [5, 5.41) is 12.9. The third-order valence-electron chi connectivity index (χ3n) is 2.17. The number of aliphatic hydroxyl groups is 1. The van der Waals surface area contributed by atoms with Crippen molar-refractivity contribution in [2.75, 3.05) is 13.1 Å². The highest BCUT2D eigenvalue weighted by atomic mass is 16.3. The molecule has 0 radical (unpaired) electrons. The molecule has 2 N–H and O–H groups in total. The molecule has 0 saturated carbocycles. The number of aliphatic hydroxyl groups excluding tert-OH is 1. The van der Waals surface area contributed by atoms with Crippen LogP contribution in [0.3, 0.4) is 0 Å². The van der Waals surface area contributed by atoms with E-state index >= 15 is 0 Å². The van der Waals surface area contributed by atoms with Gasteiger partial charge in [-0.2, -0.15) is 0 Å². The molecule has 0 spiro atoms. The molecule has 1 unspecified atom stereocenters. The van der Waals surface area contributed by atoms with Gasteiger partial charge in [-0.25, -0.2) is 0 Å². The van der Waals surface area contributed by atoms with Gasteiger partial charge in [0.2, 0.25) is 0 Å². The SMILES string of the molecule is C=CCNCC(O)c1ccccc1C. The van der Waals surface area contributed by atoms with Gasteiger partial charge in [0.25, 0.3) is 0 Å². The second-order valence-electron chi connectivity index (χ2n) is 3.32. The average Bonchev–Trinajstić information content (AvgIpc) is 2.18. The van der Waals surface area contributed by atoms with Crippen LogP contribution in [-0.4, -0.2) is 18.2 Å². The zero-order valence-corrected chi connectivity index (χ0v) is 8.53. The third kappa shape index (κ3) is 2.98. The van der Waals surface area contributed by atoms with Gasteiger partial charge in [0, 0.05) is 13.1 Å². The molecule has 0 bridgehead atoms. The predicted molar refractivity (Wildman–Crippen MR) is 59.2 cm³/mol. The van der Waals surface area contributed by atoms with Crippen molar-refractivity contribution >= 4 is 0 Å². The van der Waals surface area contributed by atoms with Crippen LogP contribution in [0.1, 0.15) is 17.2 Å². The lowest BCUT2D eigenvalue weighted by Crippen LogP contribution is -2.21. The molecule has 1 aromatic rings. The smallest absolute Gasteiger partial charge is 0.0917 e. The first-order valence-electron chi connectivity index (χ1n) is 4.81. The second kappa shape index (κ2) is 5.58. The number of rotatable bonds is 5. The van der Waals surface area contributed by atoms with E-state index in [1.165, 1.54) is 0 Å². The summed E-state index contributed by atoms with van der Waals surface area (Å²) in [6.45, 7) is 6.90. The molecule has 1 atom stereocenters. The van der Waals surface area contributed by atoms with Crippen molar-refractivity contribution in [1.29, 1.82) is 0 Å². The summed E-state index contributed by atoms with van der Waals surface area (Å²) in [7, 11) is 0. The summed E-state index contributed by atoms with van der Waals surface area (Å²) in [5.41, 5.74) is 2.12. The van der Waals surface area contributed by atoms with E-state index in [0.29, 0.717) is 6.54 Å². The summed E-state index contributed by atoms with van der Waals surface area (Å²) >= 11 is 0. The van der Waals surface area contributed by atoms with Crippen LogP contribution >= 0.6 is 0 Å². The molecule has 2 nitrogen and oxygen atoms in total. The van der Waals surface area contributed by atoms with E-state index in [1.54, 1.807) is 6.08 Å². The lowest BCUT2D eigenvalue weighted by atomic mass is 10.0. The molecule has 0 aliphatic heterocycles. The van der Waals surface area contributed by atoms with Crippen LogP contribution < -0.4 is 5.32 Å². The van der Waals surface area contributed by atoms with Crippen molar-refractivity contribution < 1.29 is 5.11 Å². The van der Waals surface area contributed by atoms with Gasteiger partial charge in [-0.05, 0) is 18.1 Å². The highest BCUT2D eigenvalue weighted by Crippen LogP contribution is 2.15. The van der Waals surface area contributed by atoms with Gasteiger partial charge in [0.1, 0.15) is 0 Å². The minimum atomic E-state index is -0.434. The van der Waals surface area contributed by atoms with Crippen molar-refractivity contribution in [2.24, 2.45) is 0 Å². The molecule has 1 rings (SSSR count). The Morgan fingerprint density at radius 3 is 2.86 bits per heavy atom. The molecular formula is C12H17NO. The van der Waals surface area contributed by atoms with Crippen molar-refractivity contribution in [1.82, 2.24) is 5.32 Å².